The quantitative estimate of drug-likeness (QED) is 0.838. The van der Waals surface area contributed by atoms with Crippen LogP contribution in [0.2, 0.25) is 0 Å². The van der Waals surface area contributed by atoms with Crippen molar-refractivity contribution in [3.8, 4) is 0 Å². The Hall–Kier alpha value is -0.820. The fourth-order valence-corrected chi connectivity index (χ4v) is 3.81. The van der Waals surface area contributed by atoms with Crippen molar-refractivity contribution < 1.29 is 0 Å². The Bertz CT molecular complexity index is 459. The molecular weight excluding hydrogens is 230 g/mol. The van der Waals surface area contributed by atoms with Crippen LogP contribution in [0, 0.1) is 11.8 Å². The summed E-state index contributed by atoms with van der Waals surface area (Å²) in [7, 11) is 0. The van der Waals surface area contributed by atoms with Gasteiger partial charge in [0, 0.05) is 12.1 Å². The van der Waals surface area contributed by atoms with Gasteiger partial charge in [0.2, 0.25) is 0 Å². The molecular formula is C18H25N. The van der Waals surface area contributed by atoms with E-state index >= 15 is 0 Å². The third-order valence-corrected chi connectivity index (χ3v) is 5.32. The van der Waals surface area contributed by atoms with E-state index in [2.05, 4.69) is 30.4 Å². The van der Waals surface area contributed by atoms with Crippen molar-refractivity contribution in [3.63, 3.8) is 0 Å². The maximum Gasteiger partial charge on any atom is 0.0294 e. The van der Waals surface area contributed by atoms with Gasteiger partial charge in [0.05, 0.1) is 0 Å². The number of hydrogen-bond donors (Lipinski definition) is 1. The predicted octanol–water partition coefficient (Wildman–Crippen LogP) is 4.01. The number of benzene rings is 1. The largest absolute Gasteiger partial charge is 0.307 e. The van der Waals surface area contributed by atoms with Gasteiger partial charge in [-0.15, -0.1) is 0 Å². The van der Waals surface area contributed by atoms with E-state index in [1.54, 1.807) is 11.1 Å². The van der Waals surface area contributed by atoms with Gasteiger partial charge < -0.3 is 5.32 Å². The smallest absolute Gasteiger partial charge is 0.0294 e. The standard InChI is InChI=1S/C18H25N/c1-12(19-18(14-6-7-14)15-8-9-15)16-10-5-13-3-2-4-17(13)11-16/h5,10-12,14-15,18-19H,2-4,6-9H2,1H3. The van der Waals surface area contributed by atoms with Crippen molar-refractivity contribution in [1.82, 2.24) is 5.32 Å². The van der Waals surface area contributed by atoms with E-state index in [0.29, 0.717) is 6.04 Å². The maximum absolute atomic E-state index is 3.95. The second-order valence-corrected chi connectivity index (χ2v) is 6.97. The molecule has 1 N–H and O–H groups in total. The van der Waals surface area contributed by atoms with E-state index in [0.717, 1.165) is 17.9 Å². The van der Waals surface area contributed by atoms with Gasteiger partial charge in [-0.25, -0.2) is 0 Å². The van der Waals surface area contributed by atoms with E-state index in [-0.39, 0.29) is 0 Å². The highest BCUT2D eigenvalue weighted by molar-refractivity contribution is 5.36. The molecule has 0 spiro atoms. The molecule has 2 saturated carbocycles. The molecule has 0 heterocycles. The molecule has 1 nitrogen and oxygen atoms in total. The molecule has 102 valence electrons. The summed E-state index contributed by atoms with van der Waals surface area (Å²) in [6.45, 7) is 2.36. The predicted molar refractivity (Wildman–Crippen MR) is 79.3 cm³/mol. The normalized spacial score (nSPS) is 23.7. The van der Waals surface area contributed by atoms with Crippen molar-refractivity contribution in [3.05, 3.63) is 34.9 Å². The summed E-state index contributed by atoms with van der Waals surface area (Å²) >= 11 is 0. The highest BCUT2D eigenvalue weighted by atomic mass is 15.0. The summed E-state index contributed by atoms with van der Waals surface area (Å²) in [6.07, 6.45) is 9.80. The summed E-state index contributed by atoms with van der Waals surface area (Å²) in [5.74, 6) is 1.98. The topological polar surface area (TPSA) is 12.0 Å². The zero-order valence-electron chi connectivity index (χ0n) is 12.0. The van der Waals surface area contributed by atoms with Gasteiger partial charge in [-0.2, -0.15) is 0 Å². The number of nitrogens with one attached hydrogen (secondary N) is 1. The van der Waals surface area contributed by atoms with Crippen LogP contribution >= 0.6 is 0 Å². The molecule has 0 aromatic heterocycles. The van der Waals surface area contributed by atoms with Gasteiger partial charge in [-0.05, 0) is 80.4 Å². The van der Waals surface area contributed by atoms with Gasteiger partial charge in [0.25, 0.3) is 0 Å². The van der Waals surface area contributed by atoms with Crippen molar-refractivity contribution in [1.29, 1.82) is 0 Å². The van der Waals surface area contributed by atoms with Gasteiger partial charge in [0.1, 0.15) is 0 Å². The van der Waals surface area contributed by atoms with Crippen LogP contribution in [-0.4, -0.2) is 6.04 Å². The number of rotatable bonds is 5. The molecule has 19 heavy (non-hydrogen) atoms. The molecule has 1 aromatic rings. The second kappa shape index (κ2) is 4.63. The molecule has 1 heteroatoms. The monoisotopic (exact) mass is 255 g/mol. The summed E-state index contributed by atoms with van der Waals surface area (Å²) in [6, 6.07) is 8.54. The van der Waals surface area contributed by atoms with Gasteiger partial charge >= 0.3 is 0 Å². The van der Waals surface area contributed by atoms with Crippen molar-refractivity contribution in [2.75, 3.05) is 0 Å². The first-order valence-corrected chi connectivity index (χ1v) is 8.19. The molecule has 1 aromatic carbocycles. The maximum atomic E-state index is 3.95. The molecule has 3 aliphatic carbocycles. The first-order chi connectivity index (χ1) is 9.31. The minimum absolute atomic E-state index is 0.525. The molecule has 0 bridgehead atoms. The molecule has 0 radical (unpaired) electrons. The van der Waals surface area contributed by atoms with Crippen LogP contribution < -0.4 is 5.32 Å². The lowest BCUT2D eigenvalue weighted by Crippen LogP contribution is -2.35. The number of hydrogen-bond acceptors (Lipinski definition) is 1. The molecule has 0 aliphatic heterocycles. The zero-order valence-corrected chi connectivity index (χ0v) is 12.0. The van der Waals surface area contributed by atoms with Crippen LogP contribution in [0.5, 0.6) is 0 Å². The minimum atomic E-state index is 0.525. The average Bonchev–Trinajstić information content (AvgIpc) is 3.33. The van der Waals surface area contributed by atoms with Crippen LogP contribution in [0.4, 0.5) is 0 Å². The van der Waals surface area contributed by atoms with Crippen LogP contribution in [0.15, 0.2) is 18.2 Å². The Morgan fingerprint density at radius 2 is 1.68 bits per heavy atom. The molecule has 4 rings (SSSR count). The van der Waals surface area contributed by atoms with E-state index in [4.69, 9.17) is 0 Å². The van der Waals surface area contributed by atoms with E-state index in [1.807, 2.05) is 0 Å². The highest BCUT2D eigenvalue weighted by Gasteiger charge is 2.41. The van der Waals surface area contributed by atoms with Crippen LogP contribution in [0.1, 0.15) is 61.8 Å². The van der Waals surface area contributed by atoms with Gasteiger partial charge in [0.15, 0.2) is 0 Å². The number of fused-ring (bicyclic) bond motifs is 1. The fourth-order valence-electron chi connectivity index (χ4n) is 3.81. The van der Waals surface area contributed by atoms with E-state index in [1.165, 1.54) is 50.5 Å². The Morgan fingerprint density at radius 1 is 1.00 bits per heavy atom. The Kier molecular flexibility index (Phi) is 2.91. The first kappa shape index (κ1) is 12.0. The molecule has 3 aliphatic rings. The molecule has 0 saturated heterocycles. The van der Waals surface area contributed by atoms with Crippen LogP contribution in [0.25, 0.3) is 0 Å². The van der Waals surface area contributed by atoms with E-state index in [9.17, 15) is 0 Å². The summed E-state index contributed by atoms with van der Waals surface area (Å²) in [4.78, 5) is 0. The van der Waals surface area contributed by atoms with Gasteiger partial charge in [-0.1, -0.05) is 18.2 Å². The first-order valence-electron chi connectivity index (χ1n) is 8.19. The summed E-state index contributed by atoms with van der Waals surface area (Å²) < 4.78 is 0. The third kappa shape index (κ3) is 2.45. The molecule has 0 amide bonds. The molecule has 1 atom stereocenters. The fraction of sp³-hybridized carbons (Fsp3) is 0.667. The third-order valence-electron chi connectivity index (χ3n) is 5.32. The Morgan fingerprint density at radius 3 is 2.37 bits per heavy atom. The van der Waals surface area contributed by atoms with Crippen molar-refractivity contribution in [2.45, 2.75) is 64.0 Å². The Balaban J connectivity index is 1.48. The lowest BCUT2D eigenvalue weighted by molar-refractivity contribution is 0.377. The van der Waals surface area contributed by atoms with Crippen molar-refractivity contribution >= 4 is 0 Å². The average molecular weight is 255 g/mol. The lowest BCUT2D eigenvalue weighted by Gasteiger charge is -2.24. The minimum Gasteiger partial charge on any atom is -0.307 e. The van der Waals surface area contributed by atoms with Gasteiger partial charge in [-0.3, -0.25) is 0 Å². The molecule has 1 unspecified atom stereocenters. The SMILES string of the molecule is CC(NC(C1CC1)C1CC1)c1ccc2c(c1)CCC2. The summed E-state index contributed by atoms with van der Waals surface area (Å²) in [5, 5.41) is 3.95. The van der Waals surface area contributed by atoms with E-state index < -0.39 is 0 Å². The second-order valence-electron chi connectivity index (χ2n) is 6.97. The van der Waals surface area contributed by atoms with Crippen LogP contribution in [-0.2, 0) is 12.8 Å². The highest BCUT2D eigenvalue weighted by Crippen LogP contribution is 2.45. The van der Waals surface area contributed by atoms with Crippen LogP contribution in [0.3, 0.4) is 0 Å². The number of aryl methyl sites for hydroxylation is 2. The lowest BCUT2D eigenvalue weighted by atomic mass is 9.99. The Labute approximate surface area is 116 Å². The zero-order chi connectivity index (χ0) is 12.8. The summed E-state index contributed by atoms with van der Waals surface area (Å²) in [5.41, 5.74) is 4.71. The van der Waals surface area contributed by atoms with Crippen molar-refractivity contribution in [2.24, 2.45) is 11.8 Å². The molecule has 2 fully saturated rings.